The lowest BCUT2D eigenvalue weighted by Gasteiger charge is -2.20. The van der Waals surface area contributed by atoms with Gasteiger partial charge in [0, 0.05) is 32.3 Å². The molecule has 0 aliphatic carbocycles. The fraction of sp³-hybridized carbons (Fsp3) is 0.600. The van der Waals surface area contributed by atoms with E-state index in [1.165, 1.54) is 5.56 Å². The number of rotatable bonds is 11. The second kappa shape index (κ2) is 9.78. The molecule has 0 radical (unpaired) electrons. The highest BCUT2D eigenvalue weighted by molar-refractivity contribution is 5.17. The molecular formula is C15H26N2O2. The van der Waals surface area contributed by atoms with Crippen LogP contribution < -0.4 is 5.32 Å². The van der Waals surface area contributed by atoms with Crippen LogP contribution in [-0.2, 0) is 17.8 Å². The molecule has 1 aromatic heterocycles. The van der Waals surface area contributed by atoms with Gasteiger partial charge in [-0.3, -0.25) is 4.90 Å². The van der Waals surface area contributed by atoms with Gasteiger partial charge < -0.3 is 14.5 Å². The van der Waals surface area contributed by atoms with Gasteiger partial charge in [0.15, 0.2) is 0 Å². The molecule has 1 heterocycles. The van der Waals surface area contributed by atoms with Crippen LogP contribution in [0.4, 0.5) is 0 Å². The largest absolute Gasteiger partial charge is 0.468 e. The molecule has 0 saturated heterocycles. The van der Waals surface area contributed by atoms with Crippen LogP contribution in [0.5, 0.6) is 0 Å². The van der Waals surface area contributed by atoms with Crippen molar-refractivity contribution in [3.8, 4) is 0 Å². The third-order valence-electron chi connectivity index (χ3n) is 2.94. The molecule has 4 nitrogen and oxygen atoms in total. The predicted molar refractivity (Wildman–Crippen MR) is 78.1 cm³/mol. The third kappa shape index (κ3) is 6.05. The minimum atomic E-state index is 0.731. The van der Waals surface area contributed by atoms with Crippen LogP contribution in [0.15, 0.2) is 29.4 Å². The van der Waals surface area contributed by atoms with Gasteiger partial charge in [-0.25, -0.2) is 0 Å². The van der Waals surface area contributed by atoms with Gasteiger partial charge in [-0.1, -0.05) is 13.0 Å². The molecule has 0 aromatic carbocycles. The van der Waals surface area contributed by atoms with Gasteiger partial charge in [0.1, 0.15) is 5.76 Å². The van der Waals surface area contributed by atoms with Crippen LogP contribution in [0.1, 0.15) is 24.7 Å². The van der Waals surface area contributed by atoms with Crippen molar-refractivity contribution >= 4 is 0 Å². The first-order chi connectivity index (χ1) is 9.31. The Morgan fingerprint density at radius 2 is 2.37 bits per heavy atom. The minimum Gasteiger partial charge on any atom is -0.468 e. The smallest absolute Gasteiger partial charge is 0.122 e. The Kier molecular flexibility index (Phi) is 8.21. The quantitative estimate of drug-likeness (QED) is 0.493. The van der Waals surface area contributed by atoms with Crippen LogP contribution in [-0.4, -0.2) is 38.3 Å². The number of ether oxygens (including phenoxy) is 1. The molecular weight excluding hydrogens is 240 g/mol. The third-order valence-corrected chi connectivity index (χ3v) is 2.94. The lowest BCUT2D eigenvalue weighted by Crippen LogP contribution is -2.27. The lowest BCUT2D eigenvalue weighted by molar-refractivity contribution is 0.150. The lowest BCUT2D eigenvalue weighted by atomic mass is 10.2. The van der Waals surface area contributed by atoms with Gasteiger partial charge >= 0.3 is 0 Å². The molecule has 19 heavy (non-hydrogen) atoms. The summed E-state index contributed by atoms with van der Waals surface area (Å²) in [6.45, 7) is 11.1. The summed E-state index contributed by atoms with van der Waals surface area (Å²) in [5.74, 6) is 1.03. The average molecular weight is 266 g/mol. The molecule has 1 N–H and O–H groups in total. The van der Waals surface area contributed by atoms with E-state index in [4.69, 9.17) is 9.15 Å². The first kappa shape index (κ1) is 16.0. The highest BCUT2D eigenvalue weighted by Crippen LogP contribution is 2.13. The predicted octanol–water partition coefficient (Wildman–Crippen LogP) is 2.41. The molecule has 0 spiro atoms. The van der Waals surface area contributed by atoms with Gasteiger partial charge in [-0.15, -0.1) is 6.58 Å². The topological polar surface area (TPSA) is 37.6 Å². The summed E-state index contributed by atoms with van der Waals surface area (Å²) in [4.78, 5) is 2.30. The van der Waals surface area contributed by atoms with Gasteiger partial charge in [0.25, 0.3) is 0 Å². The standard InChI is InChI=1S/C15H26N2O2/c1-4-7-16-12-15-14(6-10-19-15)13-17(8-5-2)9-11-18-3/h5-6,10,16H,2,4,7-9,11-13H2,1,3H3. The van der Waals surface area contributed by atoms with Crippen molar-refractivity contribution in [3.05, 3.63) is 36.3 Å². The molecule has 1 aromatic rings. The Hall–Kier alpha value is -1.10. The Balaban J connectivity index is 2.52. The zero-order chi connectivity index (χ0) is 13.9. The number of nitrogens with zero attached hydrogens (tertiary/aromatic N) is 1. The Morgan fingerprint density at radius 1 is 1.53 bits per heavy atom. The second-order valence-electron chi connectivity index (χ2n) is 4.56. The van der Waals surface area contributed by atoms with E-state index in [1.807, 2.05) is 12.1 Å². The Labute approximate surface area is 116 Å². The highest BCUT2D eigenvalue weighted by atomic mass is 16.5. The summed E-state index contributed by atoms with van der Waals surface area (Å²) < 4.78 is 10.7. The molecule has 0 unspecified atom stereocenters. The van der Waals surface area contributed by atoms with E-state index in [1.54, 1.807) is 13.4 Å². The molecule has 0 atom stereocenters. The summed E-state index contributed by atoms with van der Waals surface area (Å²) in [7, 11) is 1.73. The highest BCUT2D eigenvalue weighted by Gasteiger charge is 2.10. The summed E-state index contributed by atoms with van der Waals surface area (Å²) in [5.41, 5.74) is 1.24. The molecule has 4 heteroatoms. The molecule has 108 valence electrons. The SMILES string of the molecule is C=CCN(CCOC)Cc1ccoc1CNCCC. The van der Waals surface area contributed by atoms with Crippen LogP contribution in [0.2, 0.25) is 0 Å². The minimum absolute atomic E-state index is 0.731. The summed E-state index contributed by atoms with van der Waals surface area (Å²) >= 11 is 0. The van der Waals surface area contributed by atoms with Crippen molar-refractivity contribution in [2.45, 2.75) is 26.4 Å². The monoisotopic (exact) mass is 266 g/mol. The molecule has 0 bridgehead atoms. The zero-order valence-corrected chi connectivity index (χ0v) is 12.2. The fourth-order valence-corrected chi connectivity index (χ4v) is 1.92. The van der Waals surface area contributed by atoms with Crippen molar-refractivity contribution in [2.24, 2.45) is 0 Å². The molecule has 0 saturated carbocycles. The van der Waals surface area contributed by atoms with E-state index in [-0.39, 0.29) is 0 Å². The number of methoxy groups -OCH3 is 1. The number of furan rings is 1. The fourth-order valence-electron chi connectivity index (χ4n) is 1.92. The molecule has 0 aliphatic rings. The van der Waals surface area contributed by atoms with Crippen LogP contribution >= 0.6 is 0 Å². The van der Waals surface area contributed by atoms with E-state index in [2.05, 4.69) is 23.7 Å². The molecule has 0 aliphatic heterocycles. The van der Waals surface area contributed by atoms with Gasteiger partial charge in [-0.05, 0) is 19.0 Å². The summed E-state index contributed by atoms with van der Waals surface area (Å²) in [6, 6.07) is 2.05. The van der Waals surface area contributed by atoms with Crippen LogP contribution in [0.25, 0.3) is 0 Å². The van der Waals surface area contributed by atoms with Crippen molar-refractivity contribution in [3.63, 3.8) is 0 Å². The molecule has 1 rings (SSSR count). The van der Waals surface area contributed by atoms with E-state index in [0.29, 0.717) is 0 Å². The maximum atomic E-state index is 5.55. The van der Waals surface area contributed by atoms with Gasteiger partial charge in [-0.2, -0.15) is 0 Å². The van der Waals surface area contributed by atoms with Gasteiger partial charge in [0.05, 0.1) is 19.4 Å². The van der Waals surface area contributed by atoms with Crippen LogP contribution in [0, 0.1) is 0 Å². The Bertz CT molecular complexity index is 350. The van der Waals surface area contributed by atoms with E-state index >= 15 is 0 Å². The molecule has 0 fully saturated rings. The normalized spacial score (nSPS) is 11.1. The average Bonchev–Trinajstić information content (AvgIpc) is 2.84. The van der Waals surface area contributed by atoms with Crippen molar-refractivity contribution < 1.29 is 9.15 Å². The maximum absolute atomic E-state index is 5.55. The number of nitrogens with one attached hydrogen (secondary N) is 1. The van der Waals surface area contributed by atoms with Crippen molar-refractivity contribution in [1.82, 2.24) is 10.2 Å². The van der Waals surface area contributed by atoms with Crippen molar-refractivity contribution in [1.29, 1.82) is 0 Å². The first-order valence-corrected chi connectivity index (χ1v) is 6.90. The second-order valence-corrected chi connectivity index (χ2v) is 4.56. The van der Waals surface area contributed by atoms with E-state index in [0.717, 1.165) is 51.5 Å². The first-order valence-electron chi connectivity index (χ1n) is 6.90. The molecule has 0 amide bonds. The summed E-state index contributed by atoms with van der Waals surface area (Å²) in [6.07, 6.45) is 4.82. The summed E-state index contributed by atoms with van der Waals surface area (Å²) in [5, 5.41) is 3.37. The Morgan fingerprint density at radius 3 is 3.05 bits per heavy atom. The maximum Gasteiger partial charge on any atom is 0.122 e. The number of hydrogen-bond donors (Lipinski definition) is 1. The van der Waals surface area contributed by atoms with Gasteiger partial charge in [0.2, 0.25) is 0 Å². The number of hydrogen-bond acceptors (Lipinski definition) is 4. The zero-order valence-electron chi connectivity index (χ0n) is 12.2. The van der Waals surface area contributed by atoms with Crippen molar-refractivity contribution in [2.75, 3.05) is 33.4 Å². The van der Waals surface area contributed by atoms with E-state index in [9.17, 15) is 0 Å². The van der Waals surface area contributed by atoms with E-state index < -0.39 is 0 Å². The van der Waals surface area contributed by atoms with Crippen LogP contribution in [0.3, 0.4) is 0 Å².